The summed E-state index contributed by atoms with van der Waals surface area (Å²) in [6.45, 7) is 4.50. The molecule has 2 aromatic carbocycles. The number of nitro groups is 2. The van der Waals surface area contributed by atoms with E-state index in [-0.39, 0.29) is 5.56 Å². The number of carbonyl (C=O) groups is 1. The third-order valence-electron chi connectivity index (χ3n) is 4.43. The number of thiazole rings is 1. The minimum absolute atomic E-state index is 0.203. The molecule has 154 valence electrons. The standard InChI is InChI=1S/C20H18N4O5S/c1-3-17-18(13-8-6-5-7-9-13)22(4-2)20(30-17)21-19(25)14-10-15(23(26)27)12-16(11-14)24(28)29/h5-12H,3-4H2,1-2H3. The number of carbonyl (C=O) groups excluding carboxylic acids is 1. The van der Waals surface area contributed by atoms with E-state index in [0.717, 1.165) is 40.8 Å². The highest BCUT2D eigenvalue weighted by Crippen LogP contribution is 2.27. The molecule has 3 rings (SSSR count). The summed E-state index contributed by atoms with van der Waals surface area (Å²) in [6.07, 6.45) is 0.737. The van der Waals surface area contributed by atoms with E-state index in [9.17, 15) is 25.0 Å². The molecule has 0 aliphatic carbocycles. The van der Waals surface area contributed by atoms with Crippen LogP contribution in [0.15, 0.2) is 53.5 Å². The lowest BCUT2D eigenvalue weighted by molar-refractivity contribution is -0.394. The van der Waals surface area contributed by atoms with Gasteiger partial charge in [-0.1, -0.05) is 37.3 Å². The maximum absolute atomic E-state index is 12.8. The number of non-ortho nitro benzene ring substituents is 2. The Balaban J connectivity index is 2.16. The van der Waals surface area contributed by atoms with Gasteiger partial charge in [0, 0.05) is 23.6 Å². The topological polar surface area (TPSA) is 121 Å². The minimum Gasteiger partial charge on any atom is -0.316 e. The first-order valence-corrected chi connectivity index (χ1v) is 9.98. The number of nitro benzene ring substituents is 2. The van der Waals surface area contributed by atoms with Crippen LogP contribution >= 0.6 is 11.3 Å². The molecule has 3 aromatic rings. The normalized spacial score (nSPS) is 11.5. The fourth-order valence-corrected chi connectivity index (χ4v) is 4.22. The average Bonchev–Trinajstić information content (AvgIpc) is 3.11. The molecule has 9 nitrogen and oxygen atoms in total. The summed E-state index contributed by atoms with van der Waals surface area (Å²) >= 11 is 1.36. The van der Waals surface area contributed by atoms with Crippen LogP contribution in [0.25, 0.3) is 11.3 Å². The molecule has 0 aliphatic rings. The van der Waals surface area contributed by atoms with Crippen LogP contribution in [0.2, 0.25) is 0 Å². The number of aromatic nitrogens is 1. The smallest absolute Gasteiger partial charge is 0.280 e. The van der Waals surface area contributed by atoms with Crippen LogP contribution in [0.5, 0.6) is 0 Å². The highest BCUT2D eigenvalue weighted by Gasteiger charge is 2.20. The van der Waals surface area contributed by atoms with Gasteiger partial charge in [-0.15, -0.1) is 11.3 Å². The molecule has 0 atom stereocenters. The van der Waals surface area contributed by atoms with Gasteiger partial charge in [0.25, 0.3) is 17.3 Å². The van der Waals surface area contributed by atoms with Crippen LogP contribution in [0.4, 0.5) is 11.4 Å². The molecule has 1 amide bonds. The lowest BCUT2D eigenvalue weighted by atomic mass is 10.1. The van der Waals surface area contributed by atoms with Gasteiger partial charge in [-0.3, -0.25) is 25.0 Å². The van der Waals surface area contributed by atoms with Crippen molar-refractivity contribution in [3.63, 3.8) is 0 Å². The number of hydrogen-bond donors (Lipinski definition) is 0. The van der Waals surface area contributed by atoms with Crippen LogP contribution in [0.1, 0.15) is 29.1 Å². The summed E-state index contributed by atoms with van der Waals surface area (Å²) in [5, 5.41) is 22.2. The van der Waals surface area contributed by atoms with Gasteiger partial charge >= 0.3 is 0 Å². The van der Waals surface area contributed by atoms with Gasteiger partial charge in [0.15, 0.2) is 4.80 Å². The first kappa shape index (κ1) is 21.1. The van der Waals surface area contributed by atoms with Crippen LogP contribution < -0.4 is 4.80 Å². The first-order valence-electron chi connectivity index (χ1n) is 9.16. The molecule has 1 aromatic heterocycles. The van der Waals surface area contributed by atoms with Crippen LogP contribution in [0.3, 0.4) is 0 Å². The molecule has 0 spiro atoms. The maximum atomic E-state index is 12.8. The monoisotopic (exact) mass is 426 g/mol. The van der Waals surface area contributed by atoms with Crippen LogP contribution in [0, 0.1) is 20.2 Å². The zero-order valence-corrected chi connectivity index (χ0v) is 17.1. The van der Waals surface area contributed by atoms with Crippen LogP contribution in [-0.2, 0) is 13.0 Å². The molecule has 0 aliphatic heterocycles. The number of hydrogen-bond acceptors (Lipinski definition) is 6. The average molecular weight is 426 g/mol. The number of amides is 1. The number of benzene rings is 2. The minimum atomic E-state index is -0.774. The van der Waals surface area contributed by atoms with E-state index < -0.39 is 27.1 Å². The van der Waals surface area contributed by atoms with Gasteiger partial charge in [-0.05, 0) is 18.9 Å². The zero-order valence-electron chi connectivity index (χ0n) is 16.3. The van der Waals surface area contributed by atoms with Crippen LogP contribution in [-0.4, -0.2) is 20.3 Å². The van der Waals surface area contributed by atoms with Crippen molar-refractivity contribution < 1.29 is 14.6 Å². The summed E-state index contributed by atoms with van der Waals surface area (Å²) in [5.41, 5.74) is 0.689. The van der Waals surface area contributed by atoms with E-state index >= 15 is 0 Å². The Morgan fingerprint density at radius 3 is 2.13 bits per heavy atom. The second kappa shape index (κ2) is 8.78. The van der Waals surface area contributed by atoms with E-state index in [1.165, 1.54) is 11.3 Å². The van der Waals surface area contributed by atoms with Crippen molar-refractivity contribution in [2.45, 2.75) is 26.8 Å². The lowest BCUT2D eigenvalue weighted by Gasteiger charge is -2.08. The van der Waals surface area contributed by atoms with E-state index in [0.29, 0.717) is 11.3 Å². The van der Waals surface area contributed by atoms with Gasteiger partial charge < -0.3 is 4.57 Å². The number of aryl methyl sites for hydroxylation is 1. The molecule has 0 radical (unpaired) electrons. The molecule has 0 fully saturated rings. The van der Waals surface area contributed by atoms with Crippen molar-refractivity contribution in [3.05, 3.63) is 84.0 Å². The molecule has 0 N–H and O–H groups in total. The quantitative estimate of drug-likeness (QED) is 0.428. The molecule has 0 bridgehead atoms. The van der Waals surface area contributed by atoms with Gasteiger partial charge in [0.2, 0.25) is 0 Å². The summed E-state index contributed by atoms with van der Waals surface area (Å²) < 4.78 is 1.91. The van der Waals surface area contributed by atoms with Gasteiger partial charge in [0.1, 0.15) is 0 Å². The highest BCUT2D eigenvalue weighted by atomic mass is 32.1. The number of rotatable bonds is 6. The highest BCUT2D eigenvalue weighted by molar-refractivity contribution is 7.09. The van der Waals surface area contributed by atoms with E-state index in [1.807, 2.05) is 48.7 Å². The predicted octanol–water partition coefficient (Wildman–Crippen LogP) is 4.36. The van der Waals surface area contributed by atoms with E-state index in [4.69, 9.17) is 0 Å². The zero-order chi connectivity index (χ0) is 21.8. The Hall–Kier alpha value is -3.66. The molecule has 0 saturated carbocycles. The largest absolute Gasteiger partial charge is 0.316 e. The lowest BCUT2D eigenvalue weighted by Crippen LogP contribution is -2.17. The van der Waals surface area contributed by atoms with E-state index in [1.54, 1.807) is 0 Å². The van der Waals surface area contributed by atoms with E-state index in [2.05, 4.69) is 4.99 Å². The summed E-state index contributed by atoms with van der Waals surface area (Å²) in [4.78, 5) is 39.0. The summed E-state index contributed by atoms with van der Waals surface area (Å²) in [6, 6.07) is 12.5. The fourth-order valence-electron chi connectivity index (χ4n) is 3.07. The Morgan fingerprint density at radius 1 is 1.03 bits per heavy atom. The summed E-state index contributed by atoms with van der Waals surface area (Å²) in [7, 11) is 0. The first-order chi connectivity index (χ1) is 14.3. The SMILES string of the molecule is CCc1sc(=NC(=O)c2cc([N+](=O)[O-])cc([N+](=O)[O-])c2)n(CC)c1-c1ccccc1. The molecule has 0 saturated heterocycles. The molecular formula is C20H18N4O5S. The maximum Gasteiger partial charge on any atom is 0.280 e. The second-order valence-electron chi connectivity index (χ2n) is 6.29. The molecule has 0 unspecified atom stereocenters. The van der Waals surface area contributed by atoms with Crippen molar-refractivity contribution in [2.24, 2.45) is 4.99 Å². The van der Waals surface area contributed by atoms with Crippen molar-refractivity contribution in [1.29, 1.82) is 0 Å². The molecule has 1 heterocycles. The van der Waals surface area contributed by atoms with Crippen molar-refractivity contribution in [3.8, 4) is 11.3 Å². The van der Waals surface area contributed by atoms with Gasteiger partial charge in [-0.2, -0.15) is 4.99 Å². The Labute approximate surface area is 175 Å². The van der Waals surface area contributed by atoms with Crippen molar-refractivity contribution in [1.82, 2.24) is 4.57 Å². The van der Waals surface area contributed by atoms with Crippen molar-refractivity contribution >= 4 is 28.6 Å². The molecule has 30 heavy (non-hydrogen) atoms. The molecular weight excluding hydrogens is 408 g/mol. The van der Waals surface area contributed by atoms with Gasteiger partial charge in [-0.25, -0.2) is 0 Å². The third-order valence-corrected chi connectivity index (χ3v) is 5.65. The summed E-state index contributed by atoms with van der Waals surface area (Å²) in [5.74, 6) is -0.771. The van der Waals surface area contributed by atoms with Gasteiger partial charge in [0.05, 0.1) is 27.2 Å². The Kier molecular flexibility index (Phi) is 6.17. The predicted molar refractivity (Wildman–Crippen MR) is 112 cm³/mol. The second-order valence-corrected chi connectivity index (χ2v) is 7.35. The molecule has 10 heteroatoms. The Morgan fingerprint density at radius 2 is 1.63 bits per heavy atom. The van der Waals surface area contributed by atoms with Crippen molar-refractivity contribution in [2.75, 3.05) is 0 Å². The third kappa shape index (κ3) is 4.18. The fraction of sp³-hybridized carbons (Fsp3) is 0.200. The Bertz CT molecular complexity index is 1170. The number of nitrogens with zero attached hydrogens (tertiary/aromatic N) is 4.